The molecule has 0 saturated heterocycles. The van der Waals surface area contributed by atoms with Crippen molar-refractivity contribution in [2.24, 2.45) is 0 Å². The fourth-order valence-electron chi connectivity index (χ4n) is 1.88. The van der Waals surface area contributed by atoms with Gasteiger partial charge in [0.05, 0.1) is 12.7 Å². The Morgan fingerprint density at radius 3 is 2.30 bits per heavy atom. The number of rotatable bonds is 11. The van der Waals surface area contributed by atoms with Crippen molar-refractivity contribution in [2.45, 2.75) is 65.7 Å². The summed E-state index contributed by atoms with van der Waals surface area (Å²) in [5.41, 5.74) is 0. The minimum Gasteiger partial charge on any atom is -0.435 e. The first-order valence-corrected chi connectivity index (χ1v) is 7.77. The first kappa shape index (κ1) is 18.7. The van der Waals surface area contributed by atoms with Crippen molar-refractivity contribution >= 4 is 11.9 Å². The third-order valence-corrected chi connectivity index (χ3v) is 3.18. The molecule has 0 spiro atoms. The second-order valence-corrected chi connectivity index (χ2v) is 4.78. The molecule has 0 unspecified atom stereocenters. The summed E-state index contributed by atoms with van der Waals surface area (Å²) in [6.07, 6.45) is 9.46. The van der Waals surface area contributed by atoms with Gasteiger partial charge in [-0.1, -0.05) is 26.2 Å². The third kappa shape index (κ3) is 9.59. The van der Waals surface area contributed by atoms with E-state index < -0.39 is 0 Å². The highest BCUT2D eigenvalue weighted by Gasteiger charge is 2.11. The maximum absolute atomic E-state index is 11.7. The van der Waals surface area contributed by atoms with Gasteiger partial charge in [0.15, 0.2) is 0 Å². The van der Waals surface area contributed by atoms with Gasteiger partial charge in [-0.2, -0.15) is 0 Å². The van der Waals surface area contributed by atoms with Gasteiger partial charge in [-0.25, -0.2) is 0 Å². The van der Waals surface area contributed by atoms with Crippen molar-refractivity contribution in [3.8, 4) is 0 Å². The van der Waals surface area contributed by atoms with Crippen molar-refractivity contribution in [1.82, 2.24) is 4.90 Å². The maximum Gasteiger partial charge on any atom is 0.311 e. The molecule has 0 atom stereocenters. The lowest BCUT2D eigenvalue weighted by molar-refractivity contribution is -0.141. The Morgan fingerprint density at radius 1 is 1.00 bits per heavy atom. The quantitative estimate of drug-likeness (QED) is 0.330. The Morgan fingerprint density at radius 2 is 1.70 bits per heavy atom. The number of carbonyl (C=O) groups excluding carboxylic acids is 2. The van der Waals surface area contributed by atoms with Gasteiger partial charge in [0.1, 0.15) is 0 Å². The molecule has 1 amide bonds. The second-order valence-electron chi connectivity index (χ2n) is 4.78. The van der Waals surface area contributed by atoms with Crippen LogP contribution in [0.25, 0.3) is 0 Å². The van der Waals surface area contributed by atoms with E-state index in [1.54, 1.807) is 4.90 Å². The number of unbranched alkanes of at least 4 members (excludes halogenated alkanes) is 4. The number of carbonyl (C=O) groups is 2. The summed E-state index contributed by atoms with van der Waals surface area (Å²) >= 11 is 0. The van der Waals surface area contributed by atoms with Gasteiger partial charge in [-0.3, -0.25) is 9.59 Å². The SMILES string of the molecule is CCCCCCC=COC(=O)CCC(=O)N(CC)CC. The minimum absolute atomic E-state index is 0.00972. The van der Waals surface area contributed by atoms with Crippen LogP contribution in [-0.4, -0.2) is 29.9 Å². The zero-order valence-corrected chi connectivity index (χ0v) is 13.2. The molecule has 0 heterocycles. The summed E-state index contributed by atoms with van der Waals surface area (Å²) in [5.74, 6) is -0.328. The Hall–Kier alpha value is -1.32. The van der Waals surface area contributed by atoms with Crippen LogP contribution in [0, 0.1) is 0 Å². The molecule has 0 N–H and O–H groups in total. The molecule has 0 fully saturated rings. The lowest BCUT2D eigenvalue weighted by Gasteiger charge is -2.17. The van der Waals surface area contributed by atoms with E-state index in [0.29, 0.717) is 13.1 Å². The van der Waals surface area contributed by atoms with Crippen molar-refractivity contribution in [3.63, 3.8) is 0 Å². The standard InChI is InChI=1S/C16H29NO3/c1-4-7-8-9-10-11-14-20-16(19)13-12-15(18)17(5-2)6-3/h11,14H,4-10,12-13H2,1-3H3. The summed E-state index contributed by atoms with van der Waals surface area (Å²) in [6.45, 7) is 7.41. The summed E-state index contributed by atoms with van der Waals surface area (Å²) in [5, 5.41) is 0. The molecule has 0 aliphatic rings. The molecule has 0 rings (SSSR count). The molecule has 20 heavy (non-hydrogen) atoms. The molecule has 4 nitrogen and oxygen atoms in total. The molecule has 0 bridgehead atoms. The van der Waals surface area contributed by atoms with Crippen LogP contribution in [-0.2, 0) is 14.3 Å². The molecule has 0 saturated carbocycles. The van der Waals surface area contributed by atoms with Crippen molar-refractivity contribution in [1.29, 1.82) is 0 Å². The second kappa shape index (κ2) is 12.7. The molecule has 0 radical (unpaired) electrons. The number of amides is 1. The number of allylic oxidation sites excluding steroid dienone is 1. The third-order valence-electron chi connectivity index (χ3n) is 3.18. The Labute approximate surface area is 123 Å². The van der Waals surface area contributed by atoms with E-state index in [2.05, 4.69) is 6.92 Å². The molecule has 116 valence electrons. The fraction of sp³-hybridized carbons (Fsp3) is 0.750. The average Bonchev–Trinajstić information content (AvgIpc) is 2.45. The van der Waals surface area contributed by atoms with Gasteiger partial charge in [0.2, 0.25) is 5.91 Å². The normalized spacial score (nSPS) is 10.8. The van der Waals surface area contributed by atoms with Gasteiger partial charge < -0.3 is 9.64 Å². The van der Waals surface area contributed by atoms with Crippen LogP contribution in [0.2, 0.25) is 0 Å². The molecule has 0 aromatic rings. The van der Waals surface area contributed by atoms with E-state index in [0.717, 1.165) is 12.8 Å². The smallest absolute Gasteiger partial charge is 0.311 e. The van der Waals surface area contributed by atoms with E-state index in [9.17, 15) is 9.59 Å². The highest BCUT2D eigenvalue weighted by Crippen LogP contribution is 2.04. The predicted molar refractivity (Wildman–Crippen MR) is 81.2 cm³/mol. The Kier molecular flexibility index (Phi) is 11.9. The predicted octanol–water partition coefficient (Wildman–Crippen LogP) is 3.66. The lowest BCUT2D eigenvalue weighted by Crippen LogP contribution is -2.30. The number of nitrogens with zero attached hydrogens (tertiary/aromatic N) is 1. The minimum atomic E-state index is -0.338. The van der Waals surface area contributed by atoms with Gasteiger partial charge >= 0.3 is 5.97 Å². The topological polar surface area (TPSA) is 46.6 Å². The van der Waals surface area contributed by atoms with Crippen LogP contribution < -0.4 is 0 Å². The van der Waals surface area contributed by atoms with Gasteiger partial charge in [-0.15, -0.1) is 0 Å². The summed E-state index contributed by atoms with van der Waals surface area (Å²) in [4.78, 5) is 24.8. The Bertz CT molecular complexity index is 296. The van der Waals surface area contributed by atoms with Crippen LogP contribution >= 0.6 is 0 Å². The van der Waals surface area contributed by atoms with E-state index in [1.165, 1.54) is 25.5 Å². The summed E-state index contributed by atoms with van der Waals surface area (Å²) in [6, 6.07) is 0. The van der Waals surface area contributed by atoms with Gasteiger partial charge in [0, 0.05) is 19.5 Å². The largest absolute Gasteiger partial charge is 0.435 e. The highest BCUT2D eigenvalue weighted by molar-refractivity contribution is 5.81. The summed E-state index contributed by atoms with van der Waals surface area (Å²) < 4.78 is 4.96. The zero-order chi connectivity index (χ0) is 15.2. The molecule has 0 aromatic carbocycles. The number of ether oxygens (including phenoxy) is 1. The first-order valence-electron chi connectivity index (χ1n) is 7.77. The lowest BCUT2D eigenvalue weighted by atomic mass is 10.1. The molecule has 0 aliphatic heterocycles. The first-order chi connectivity index (χ1) is 9.65. The number of hydrogen-bond donors (Lipinski definition) is 0. The van der Waals surface area contributed by atoms with Crippen LogP contribution in [0.1, 0.15) is 65.7 Å². The molecule has 0 aliphatic carbocycles. The molecular weight excluding hydrogens is 254 g/mol. The average molecular weight is 283 g/mol. The van der Waals surface area contributed by atoms with Crippen LogP contribution in [0.3, 0.4) is 0 Å². The number of esters is 1. The zero-order valence-electron chi connectivity index (χ0n) is 13.2. The van der Waals surface area contributed by atoms with E-state index in [4.69, 9.17) is 4.74 Å². The van der Waals surface area contributed by atoms with Gasteiger partial charge in [-0.05, 0) is 32.8 Å². The molecule has 4 heteroatoms. The van der Waals surface area contributed by atoms with E-state index in [-0.39, 0.29) is 24.7 Å². The monoisotopic (exact) mass is 283 g/mol. The highest BCUT2D eigenvalue weighted by atomic mass is 16.5. The van der Waals surface area contributed by atoms with Crippen molar-refractivity contribution in [2.75, 3.05) is 13.1 Å². The molecular formula is C16H29NO3. The van der Waals surface area contributed by atoms with Crippen LogP contribution in [0.5, 0.6) is 0 Å². The summed E-state index contributed by atoms with van der Waals surface area (Å²) in [7, 11) is 0. The number of hydrogen-bond acceptors (Lipinski definition) is 3. The molecule has 0 aromatic heterocycles. The van der Waals surface area contributed by atoms with Crippen LogP contribution in [0.15, 0.2) is 12.3 Å². The van der Waals surface area contributed by atoms with Crippen LogP contribution in [0.4, 0.5) is 0 Å². The van der Waals surface area contributed by atoms with Crippen molar-refractivity contribution in [3.05, 3.63) is 12.3 Å². The van der Waals surface area contributed by atoms with Crippen molar-refractivity contribution < 1.29 is 14.3 Å². The van der Waals surface area contributed by atoms with Gasteiger partial charge in [0.25, 0.3) is 0 Å². The Balaban J connectivity index is 3.68. The maximum atomic E-state index is 11.7. The fourth-order valence-corrected chi connectivity index (χ4v) is 1.88. The van der Waals surface area contributed by atoms with E-state index >= 15 is 0 Å². The van der Waals surface area contributed by atoms with E-state index in [1.807, 2.05) is 19.9 Å².